The van der Waals surface area contributed by atoms with Crippen LogP contribution >= 0.6 is 12.4 Å². The van der Waals surface area contributed by atoms with Crippen molar-refractivity contribution in [2.45, 2.75) is 69.9 Å². The first-order valence-corrected chi connectivity index (χ1v) is 8.74. The maximum Gasteiger partial charge on any atom is 0.220 e. The highest BCUT2D eigenvalue weighted by Gasteiger charge is 2.48. The molecule has 5 fully saturated rings. The van der Waals surface area contributed by atoms with Crippen molar-refractivity contribution in [3.63, 3.8) is 0 Å². The molecule has 5 aliphatic rings. The predicted octanol–water partition coefficient (Wildman–Crippen LogP) is 2.87. The molecule has 1 amide bonds. The second kappa shape index (κ2) is 6.08. The second-order valence-electron chi connectivity index (χ2n) is 8.08. The molecular formula is C17H29ClN2O. The minimum absolute atomic E-state index is 0. The molecule has 0 saturated heterocycles. The van der Waals surface area contributed by atoms with E-state index in [4.69, 9.17) is 5.73 Å². The largest absolute Gasteiger partial charge is 0.353 e. The molecule has 0 aliphatic heterocycles. The van der Waals surface area contributed by atoms with E-state index in [-0.39, 0.29) is 24.4 Å². The molecule has 3 N–H and O–H groups in total. The maximum atomic E-state index is 12.4. The lowest BCUT2D eigenvalue weighted by molar-refractivity contribution is -0.126. The van der Waals surface area contributed by atoms with Gasteiger partial charge in [-0.3, -0.25) is 4.79 Å². The van der Waals surface area contributed by atoms with Gasteiger partial charge in [0.1, 0.15) is 0 Å². The fraction of sp³-hybridized carbons (Fsp3) is 0.941. The van der Waals surface area contributed by atoms with E-state index in [1.54, 1.807) is 0 Å². The van der Waals surface area contributed by atoms with Crippen LogP contribution < -0.4 is 11.1 Å². The smallest absolute Gasteiger partial charge is 0.220 e. The topological polar surface area (TPSA) is 55.1 Å². The Kier molecular flexibility index (Phi) is 4.52. The monoisotopic (exact) mass is 312 g/mol. The summed E-state index contributed by atoms with van der Waals surface area (Å²) in [6.07, 6.45) is 11.1. The Labute approximate surface area is 134 Å². The third-order valence-electron chi connectivity index (χ3n) is 6.72. The first kappa shape index (κ1) is 15.6. The predicted molar refractivity (Wildman–Crippen MR) is 86.2 cm³/mol. The van der Waals surface area contributed by atoms with Crippen LogP contribution in [0.5, 0.6) is 0 Å². The Bertz CT molecular complexity index is 372. The number of hydrogen-bond acceptors (Lipinski definition) is 2. The number of amides is 1. The zero-order valence-electron chi connectivity index (χ0n) is 12.8. The Morgan fingerprint density at radius 2 is 1.62 bits per heavy atom. The Balaban J connectivity index is 0.00000132. The maximum absolute atomic E-state index is 12.4. The number of carbonyl (C=O) groups is 1. The van der Waals surface area contributed by atoms with Gasteiger partial charge in [-0.15, -0.1) is 12.4 Å². The van der Waals surface area contributed by atoms with Gasteiger partial charge in [0.25, 0.3) is 0 Å². The van der Waals surface area contributed by atoms with Crippen LogP contribution in [0.25, 0.3) is 0 Å². The van der Waals surface area contributed by atoms with Gasteiger partial charge < -0.3 is 11.1 Å². The molecule has 4 heteroatoms. The second-order valence-corrected chi connectivity index (χ2v) is 8.08. The van der Waals surface area contributed by atoms with E-state index in [1.165, 1.54) is 38.5 Å². The molecule has 5 saturated carbocycles. The molecule has 4 bridgehead atoms. The van der Waals surface area contributed by atoms with Crippen LogP contribution in [-0.2, 0) is 4.79 Å². The molecule has 0 aromatic heterocycles. The molecule has 0 unspecified atom stereocenters. The van der Waals surface area contributed by atoms with E-state index < -0.39 is 0 Å². The highest BCUT2D eigenvalue weighted by molar-refractivity contribution is 5.85. The summed E-state index contributed by atoms with van der Waals surface area (Å²) in [4.78, 5) is 12.4. The Morgan fingerprint density at radius 3 is 2.14 bits per heavy atom. The first-order valence-electron chi connectivity index (χ1n) is 8.74. The van der Waals surface area contributed by atoms with E-state index in [9.17, 15) is 4.79 Å². The average Bonchev–Trinajstić information content (AvgIpc) is 2.79. The summed E-state index contributed by atoms with van der Waals surface area (Å²) in [7, 11) is 0. The van der Waals surface area contributed by atoms with Crippen molar-refractivity contribution in [2.75, 3.05) is 0 Å². The molecule has 120 valence electrons. The number of halogens is 1. The molecule has 0 spiro atoms. The van der Waals surface area contributed by atoms with Gasteiger partial charge in [0.05, 0.1) is 0 Å². The van der Waals surface area contributed by atoms with E-state index in [2.05, 4.69) is 5.32 Å². The zero-order chi connectivity index (χ0) is 13.7. The van der Waals surface area contributed by atoms with Gasteiger partial charge in [-0.25, -0.2) is 0 Å². The highest BCUT2D eigenvalue weighted by atomic mass is 35.5. The van der Waals surface area contributed by atoms with Gasteiger partial charge in [0.15, 0.2) is 0 Å². The summed E-state index contributed by atoms with van der Waals surface area (Å²) < 4.78 is 0. The molecule has 21 heavy (non-hydrogen) atoms. The Hall–Kier alpha value is -0.280. The Morgan fingerprint density at radius 1 is 1.00 bits per heavy atom. The van der Waals surface area contributed by atoms with Crippen molar-refractivity contribution in [3.8, 4) is 0 Å². The van der Waals surface area contributed by atoms with Crippen molar-refractivity contribution in [3.05, 3.63) is 0 Å². The van der Waals surface area contributed by atoms with Gasteiger partial charge in [0, 0.05) is 18.5 Å². The minimum Gasteiger partial charge on any atom is -0.353 e. The molecule has 0 heterocycles. The number of nitrogens with two attached hydrogens (primary N) is 1. The molecule has 0 aromatic rings. The SMILES string of the molecule is Cl.N[C@@H]1CCC[C@H]1CC(=O)NC1C2CC3CC(C2)CC1C3. The highest BCUT2D eigenvalue weighted by Crippen LogP contribution is 2.53. The quantitative estimate of drug-likeness (QED) is 0.842. The van der Waals surface area contributed by atoms with Gasteiger partial charge >= 0.3 is 0 Å². The van der Waals surface area contributed by atoms with E-state index in [0.29, 0.717) is 18.4 Å². The summed E-state index contributed by atoms with van der Waals surface area (Å²) >= 11 is 0. The molecular weight excluding hydrogens is 284 g/mol. The van der Waals surface area contributed by atoms with E-state index in [1.807, 2.05) is 0 Å². The van der Waals surface area contributed by atoms with Crippen molar-refractivity contribution in [1.29, 1.82) is 0 Å². The summed E-state index contributed by atoms with van der Waals surface area (Å²) in [5, 5.41) is 3.41. The van der Waals surface area contributed by atoms with Crippen LogP contribution in [0, 0.1) is 29.6 Å². The molecule has 0 aromatic carbocycles. The number of carbonyl (C=O) groups excluding carboxylic acids is 1. The van der Waals surface area contributed by atoms with Crippen LogP contribution in [0.1, 0.15) is 57.8 Å². The fourth-order valence-corrected chi connectivity index (χ4v) is 5.96. The van der Waals surface area contributed by atoms with Crippen LogP contribution in [0.3, 0.4) is 0 Å². The lowest BCUT2D eigenvalue weighted by atomic mass is 9.54. The van der Waals surface area contributed by atoms with Gasteiger partial charge in [-0.05, 0) is 74.5 Å². The number of rotatable bonds is 3. The van der Waals surface area contributed by atoms with Crippen molar-refractivity contribution in [1.82, 2.24) is 5.32 Å². The van der Waals surface area contributed by atoms with Crippen molar-refractivity contribution in [2.24, 2.45) is 35.3 Å². The first-order chi connectivity index (χ1) is 9.69. The van der Waals surface area contributed by atoms with Crippen molar-refractivity contribution >= 4 is 18.3 Å². The fourth-order valence-electron chi connectivity index (χ4n) is 5.96. The van der Waals surface area contributed by atoms with Crippen LogP contribution in [0.15, 0.2) is 0 Å². The zero-order valence-corrected chi connectivity index (χ0v) is 13.6. The summed E-state index contributed by atoms with van der Waals surface area (Å²) in [5.74, 6) is 4.25. The summed E-state index contributed by atoms with van der Waals surface area (Å²) in [6, 6.07) is 0.757. The van der Waals surface area contributed by atoms with Gasteiger partial charge in [-0.2, -0.15) is 0 Å². The van der Waals surface area contributed by atoms with E-state index >= 15 is 0 Å². The molecule has 3 nitrogen and oxygen atoms in total. The van der Waals surface area contributed by atoms with Crippen LogP contribution in [0.2, 0.25) is 0 Å². The molecule has 2 atom stereocenters. The average molecular weight is 313 g/mol. The van der Waals surface area contributed by atoms with Crippen LogP contribution in [0.4, 0.5) is 0 Å². The number of hydrogen-bond donors (Lipinski definition) is 2. The van der Waals surface area contributed by atoms with Gasteiger partial charge in [0.2, 0.25) is 5.91 Å². The lowest BCUT2D eigenvalue weighted by Crippen LogP contribution is -2.56. The van der Waals surface area contributed by atoms with Crippen molar-refractivity contribution < 1.29 is 4.79 Å². The third-order valence-corrected chi connectivity index (χ3v) is 6.72. The number of nitrogens with one attached hydrogen (secondary N) is 1. The molecule has 5 aliphatic carbocycles. The molecule has 0 radical (unpaired) electrons. The normalized spacial score (nSPS) is 47.2. The standard InChI is InChI=1S/C17H28N2O.ClH/c18-15-3-1-2-12(15)9-16(20)19-17-13-5-10-4-11(7-13)8-14(17)6-10;/h10-15,17H,1-9,18H2,(H,19,20);1H/t10?,11?,12-,13?,14?,15+,17?;/m0./s1. The van der Waals surface area contributed by atoms with Gasteiger partial charge in [-0.1, -0.05) is 6.42 Å². The summed E-state index contributed by atoms with van der Waals surface area (Å²) in [5.41, 5.74) is 6.10. The van der Waals surface area contributed by atoms with E-state index in [0.717, 1.165) is 36.5 Å². The summed E-state index contributed by atoms with van der Waals surface area (Å²) in [6.45, 7) is 0. The minimum atomic E-state index is 0. The molecule has 5 rings (SSSR count). The third kappa shape index (κ3) is 2.96. The lowest BCUT2D eigenvalue weighted by Gasteiger charge is -2.54. The van der Waals surface area contributed by atoms with Crippen LogP contribution in [-0.4, -0.2) is 18.0 Å².